The highest BCUT2D eigenvalue weighted by atomic mass is 16.2. The molecule has 1 aromatic carbocycles. The standard InChI is InChI=1S/C17H21N3O2/c1-3-13-8-9-19(10-13)16(21)11-20-12(2)18-15-7-5-4-6-14(15)17(20)22/h4-7,13H,3,8-11H2,1-2H3. The number of benzene rings is 1. The van der Waals surface area contributed by atoms with Gasteiger partial charge in [-0.1, -0.05) is 25.5 Å². The average Bonchev–Trinajstić information content (AvgIpc) is 3.00. The minimum Gasteiger partial charge on any atom is -0.341 e. The van der Waals surface area contributed by atoms with Crippen LogP contribution in [0.4, 0.5) is 0 Å². The largest absolute Gasteiger partial charge is 0.341 e. The van der Waals surface area contributed by atoms with Crippen LogP contribution in [0, 0.1) is 12.8 Å². The number of hydrogen-bond donors (Lipinski definition) is 0. The van der Waals surface area contributed by atoms with Gasteiger partial charge in [-0.15, -0.1) is 0 Å². The third kappa shape index (κ3) is 2.63. The Morgan fingerprint density at radius 2 is 2.14 bits per heavy atom. The molecular weight excluding hydrogens is 278 g/mol. The van der Waals surface area contributed by atoms with Crippen molar-refractivity contribution < 1.29 is 4.79 Å². The fourth-order valence-electron chi connectivity index (χ4n) is 3.09. The molecule has 5 heteroatoms. The second-order valence-electron chi connectivity index (χ2n) is 5.97. The van der Waals surface area contributed by atoms with Crippen molar-refractivity contribution in [2.75, 3.05) is 13.1 Å². The number of aryl methyl sites for hydroxylation is 1. The first kappa shape index (κ1) is 14.8. The van der Waals surface area contributed by atoms with E-state index in [0.717, 1.165) is 25.9 Å². The summed E-state index contributed by atoms with van der Waals surface area (Å²) in [6.45, 7) is 5.62. The highest BCUT2D eigenvalue weighted by Gasteiger charge is 2.25. The van der Waals surface area contributed by atoms with Crippen LogP contribution >= 0.6 is 0 Å². The van der Waals surface area contributed by atoms with E-state index in [9.17, 15) is 9.59 Å². The first-order valence-electron chi connectivity index (χ1n) is 7.84. The van der Waals surface area contributed by atoms with Crippen LogP contribution in [0.3, 0.4) is 0 Å². The summed E-state index contributed by atoms with van der Waals surface area (Å²) in [5.74, 6) is 1.19. The van der Waals surface area contributed by atoms with Crippen molar-refractivity contribution in [2.45, 2.75) is 33.2 Å². The average molecular weight is 299 g/mol. The summed E-state index contributed by atoms with van der Waals surface area (Å²) < 4.78 is 1.49. The van der Waals surface area contributed by atoms with Crippen LogP contribution in [0.1, 0.15) is 25.6 Å². The molecule has 1 aliphatic rings. The number of nitrogens with zero attached hydrogens (tertiary/aromatic N) is 3. The van der Waals surface area contributed by atoms with Gasteiger partial charge in [-0.3, -0.25) is 14.2 Å². The topological polar surface area (TPSA) is 55.2 Å². The number of rotatable bonds is 3. The lowest BCUT2D eigenvalue weighted by atomic mass is 10.1. The molecule has 2 aromatic rings. The number of para-hydroxylation sites is 1. The molecule has 1 aromatic heterocycles. The predicted molar refractivity (Wildman–Crippen MR) is 85.7 cm³/mol. The second kappa shape index (κ2) is 5.91. The SMILES string of the molecule is CCC1CCN(C(=O)Cn2c(C)nc3ccccc3c2=O)C1. The molecule has 22 heavy (non-hydrogen) atoms. The third-order valence-corrected chi connectivity index (χ3v) is 4.56. The third-order valence-electron chi connectivity index (χ3n) is 4.56. The Bertz CT molecular complexity index is 766. The van der Waals surface area contributed by atoms with Gasteiger partial charge in [0.2, 0.25) is 5.91 Å². The van der Waals surface area contributed by atoms with E-state index >= 15 is 0 Å². The molecule has 1 unspecified atom stereocenters. The van der Waals surface area contributed by atoms with Crippen molar-refractivity contribution in [3.8, 4) is 0 Å². The molecule has 1 aliphatic heterocycles. The van der Waals surface area contributed by atoms with Crippen molar-refractivity contribution in [1.29, 1.82) is 0 Å². The Kier molecular flexibility index (Phi) is 3.96. The molecule has 5 nitrogen and oxygen atoms in total. The summed E-state index contributed by atoms with van der Waals surface area (Å²) in [5, 5.41) is 0.564. The molecule has 0 N–H and O–H groups in total. The van der Waals surface area contributed by atoms with Crippen LogP contribution < -0.4 is 5.56 Å². The Balaban J connectivity index is 1.88. The first-order valence-corrected chi connectivity index (χ1v) is 7.84. The number of carbonyl (C=O) groups is 1. The van der Waals surface area contributed by atoms with Gasteiger partial charge in [0.15, 0.2) is 0 Å². The zero-order valence-electron chi connectivity index (χ0n) is 13.1. The second-order valence-corrected chi connectivity index (χ2v) is 5.97. The van der Waals surface area contributed by atoms with Crippen molar-refractivity contribution in [3.05, 3.63) is 40.4 Å². The van der Waals surface area contributed by atoms with E-state index in [1.54, 1.807) is 13.0 Å². The zero-order valence-corrected chi connectivity index (χ0v) is 13.1. The molecule has 2 heterocycles. The maximum Gasteiger partial charge on any atom is 0.261 e. The van der Waals surface area contributed by atoms with Crippen LogP contribution in [0.2, 0.25) is 0 Å². The van der Waals surface area contributed by atoms with Gasteiger partial charge in [-0.25, -0.2) is 4.98 Å². The summed E-state index contributed by atoms with van der Waals surface area (Å²) in [6.07, 6.45) is 2.16. The molecule has 0 spiro atoms. The van der Waals surface area contributed by atoms with Gasteiger partial charge >= 0.3 is 0 Å². The van der Waals surface area contributed by atoms with Crippen LogP contribution in [0.5, 0.6) is 0 Å². The normalized spacial score (nSPS) is 18.1. The molecule has 1 fully saturated rings. The Morgan fingerprint density at radius 1 is 1.36 bits per heavy atom. The molecule has 116 valence electrons. The fraction of sp³-hybridized carbons (Fsp3) is 0.471. The maximum absolute atomic E-state index is 12.6. The van der Waals surface area contributed by atoms with Gasteiger partial charge in [0.25, 0.3) is 5.56 Å². The number of aromatic nitrogens is 2. The smallest absolute Gasteiger partial charge is 0.261 e. The minimum absolute atomic E-state index is 0.0123. The molecule has 1 saturated heterocycles. The van der Waals surface area contributed by atoms with Crippen LogP contribution in [0.15, 0.2) is 29.1 Å². The van der Waals surface area contributed by atoms with E-state index in [1.165, 1.54) is 4.57 Å². The molecule has 0 bridgehead atoms. The molecule has 1 atom stereocenters. The van der Waals surface area contributed by atoms with Crippen molar-refractivity contribution in [2.24, 2.45) is 5.92 Å². The van der Waals surface area contributed by atoms with Gasteiger partial charge < -0.3 is 4.90 Å². The molecule has 0 aliphatic carbocycles. The summed E-state index contributed by atoms with van der Waals surface area (Å²) in [5.41, 5.74) is 0.545. The number of likely N-dealkylation sites (tertiary alicyclic amines) is 1. The molecule has 1 amide bonds. The lowest BCUT2D eigenvalue weighted by molar-refractivity contribution is -0.131. The van der Waals surface area contributed by atoms with E-state index in [0.29, 0.717) is 22.6 Å². The highest BCUT2D eigenvalue weighted by Crippen LogP contribution is 2.19. The number of carbonyl (C=O) groups excluding carboxylic acids is 1. The minimum atomic E-state index is -0.136. The molecule has 0 saturated carbocycles. The zero-order chi connectivity index (χ0) is 15.7. The van der Waals surface area contributed by atoms with E-state index < -0.39 is 0 Å². The number of fused-ring (bicyclic) bond motifs is 1. The van der Waals surface area contributed by atoms with E-state index in [4.69, 9.17) is 0 Å². The lowest BCUT2D eigenvalue weighted by Crippen LogP contribution is -2.36. The predicted octanol–water partition coefficient (Wildman–Crippen LogP) is 1.96. The lowest BCUT2D eigenvalue weighted by Gasteiger charge is -2.18. The molecular formula is C17H21N3O2. The maximum atomic E-state index is 12.6. The summed E-state index contributed by atoms with van der Waals surface area (Å²) >= 11 is 0. The summed E-state index contributed by atoms with van der Waals surface area (Å²) in [7, 11) is 0. The Hall–Kier alpha value is -2.17. The van der Waals surface area contributed by atoms with E-state index in [-0.39, 0.29) is 18.0 Å². The molecule has 3 rings (SSSR count). The number of hydrogen-bond acceptors (Lipinski definition) is 3. The monoisotopic (exact) mass is 299 g/mol. The van der Waals surface area contributed by atoms with Gasteiger partial charge in [-0.05, 0) is 31.4 Å². The van der Waals surface area contributed by atoms with Crippen LogP contribution in [0.25, 0.3) is 10.9 Å². The van der Waals surface area contributed by atoms with E-state index in [1.807, 2.05) is 23.1 Å². The van der Waals surface area contributed by atoms with E-state index in [2.05, 4.69) is 11.9 Å². The molecule has 0 radical (unpaired) electrons. The fourth-order valence-corrected chi connectivity index (χ4v) is 3.09. The van der Waals surface area contributed by atoms with Crippen LogP contribution in [-0.4, -0.2) is 33.4 Å². The van der Waals surface area contributed by atoms with Crippen molar-refractivity contribution in [3.63, 3.8) is 0 Å². The quantitative estimate of drug-likeness (QED) is 0.870. The van der Waals surface area contributed by atoms with Gasteiger partial charge in [0.1, 0.15) is 12.4 Å². The van der Waals surface area contributed by atoms with Crippen molar-refractivity contribution in [1.82, 2.24) is 14.5 Å². The highest BCUT2D eigenvalue weighted by molar-refractivity contribution is 5.79. The van der Waals surface area contributed by atoms with Gasteiger partial charge in [0, 0.05) is 13.1 Å². The Morgan fingerprint density at radius 3 is 2.86 bits per heavy atom. The Labute approximate surface area is 129 Å². The first-order chi connectivity index (χ1) is 10.6. The van der Waals surface area contributed by atoms with Gasteiger partial charge in [-0.2, -0.15) is 0 Å². The van der Waals surface area contributed by atoms with Crippen LogP contribution in [-0.2, 0) is 11.3 Å². The summed E-state index contributed by atoms with van der Waals surface area (Å²) in [4.78, 5) is 31.3. The van der Waals surface area contributed by atoms with Gasteiger partial charge in [0.05, 0.1) is 10.9 Å². The number of amides is 1. The van der Waals surface area contributed by atoms with Crippen molar-refractivity contribution >= 4 is 16.8 Å². The summed E-state index contributed by atoms with van der Waals surface area (Å²) in [6, 6.07) is 7.26.